The standard InChI is InChI=1S/C18H18O2S/c1-2-3-6-15-18(16-11-7-4-8-12-16)21(19,20)17-13-9-5-10-14-17/h1,4-5,7-14,18H,3,6,15H2. The SMILES string of the molecule is C#CCCCC(c1ccccc1)S(=O)(=O)c1ccccc1. The smallest absolute Gasteiger partial charge is 0.185 e. The highest BCUT2D eigenvalue weighted by atomic mass is 32.2. The van der Waals surface area contributed by atoms with Crippen LogP contribution in [0.25, 0.3) is 0 Å². The summed E-state index contributed by atoms with van der Waals surface area (Å²) in [6.07, 6.45) is 7.09. The molecule has 21 heavy (non-hydrogen) atoms. The topological polar surface area (TPSA) is 34.1 Å². The van der Waals surface area contributed by atoms with Crippen LogP contribution in [0.1, 0.15) is 30.1 Å². The van der Waals surface area contributed by atoms with E-state index in [-0.39, 0.29) is 0 Å². The Kier molecular flexibility index (Phi) is 5.19. The van der Waals surface area contributed by atoms with E-state index in [1.54, 1.807) is 24.3 Å². The lowest BCUT2D eigenvalue weighted by molar-refractivity contribution is 0.571. The maximum Gasteiger partial charge on any atom is 0.185 e. The summed E-state index contributed by atoms with van der Waals surface area (Å²) in [7, 11) is -3.40. The van der Waals surface area contributed by atoms with Gasteiger partial charge in [0, 0.05) is 6.42 Å². The first kappa shape index (κ1) is 15.3. The minimum Gasteiger partial charge on any atom is -0.223 e. The van der Waals surface area contributed by atoms with E-state index in [1.165, 1.54) is 0 Å². The van der Waals surface area contributed by atoms with Crippen LogP contribution in [0.3, 0.4) is 0 Å². The second-order valence-corrected chi connectivity index (χ2v) is 6.98. The van der Waals surface area contributed by atoms with Gasteiger partial charge in [-0.25, -0.2) is 8.42 Å². The second kappa shape index (κ2) is 7.10. The van der Waals surface area contributed by atoms with Crippen molar-refractivity contribution >= 4 is 9.84 Å². The van der Waals surface area contributed by atoms with Crippen LogP contribution in [-0.4, -0.2) is 8.42 Å². The number of rotatable bonds is 6. The van der Waals surface area contributed by atoms with Crippen LogP contribution in [-0.2, 0) is 9.84 Å². The third-order valence-corrected chi connectivity index (χ3v) is 5.59. The number of hydrogen-bond acceptors (Lipinski definition) is 2. The highest BCUT2D eigenvalue weighted by molar-refractivity contribution is 7.91. The maximum atomic E-state index is 12.9. The van der Waals surface area contributed by atoms with Crippen molar-refractivity contribution in [3.05, 3.63) is 66.2 Å². The minimum absolute atomic E-state index is 0.361. The van der Waals surface area contributed by atoms with Crippen molar-refractivity contribution in [2.75, 3.05) is 0 Å². The first-order valence-electron chi connectivity index (χ1n) is 6.93. The molecule has 0 aromatic heterocycles. The Balaban J connectivity index is 2.38. The lowest BCUT2D eigenvalue weighted by atomic mass is 10.1. The van der Waals surface area contributed by atoms with E-state index in [1.807, 2.05) is 36.4 Å². The average molecular weight is 298 g/mol. The number of terminal acetylenes is 1. The highest BCUT2D eigenvalue weighted by Crippen LogP contribution is 2.32. The predicted octanol–water partition coefficient (Wildman–Crippen LogP) is 4.01. The van der Waals surface area contributed by atoms with Crippen molar-refractivity contribution < 1.29 is 8.42 Å². The molecule has 2 nitrogen and oxygen atoms in total. The van der Waals surface area contributed by atoms with Gasteiger partial charge >= 0.3 is 0 Å². The molecule has 0 saturated carbocycles. The molecule has 0 spiro atoms. The molecule has 2 rings (SSSR count). The van der Waals surface area contributed by atoms with Gasteiger partial charge in [-0.1, -0.05) is 48.5 Å². The molecule has 0 N–H and O–H groups in total. The monoisotopic (exact) mass is 298 g/mol. The van der Waals surface area contributed by atoms with Gasteiger partial charge in [0.05, 0.1) is 10.1 Å². The lowest BCUT2D eigenvalue weighted by Crippen LogP contribution is -2.14. The fraction of sp³-hybridized carbons (Fsp3) is 0.222. The van der Waals surface area contributed by atoms with Gasteiger partial charge in [-0.15, -0.1) is 12.3 Å². The molecular formula is C18H18O2S. The van der Waals surface area contributed by atoms with Gasteiger partial charge in [-0.05, 0) is 30.5 Å². The molecule has 0 fully saturated rings. The first-order chi connectivity index (χ1) is 10.2. The van der Waals surface area contributed by atoms with E-state index < -0.39 is 15.1 Å². The Bertz CT molecular complexity index is 698. The van der Waals surface area contributed by atoms with Crippen LogP contribution in [0, 0.1) is 12.3 Å². The summed E-state index contributed by atoms with van der Waals surface area (Å²) in [6.45, 7) is 0. The Hall–Kier alpha value is -2.05. The third-order valence-electron chi connectivity index (χ3n) is 3.41. The summed E-state index contributed by atoms with van der Waals surface area (Å²) in [5.41, 5.74) is 0.818. The van der Waals surface area contributed by atoms with Gasteiger partial charge in [-0.3, -0.25) is 0 Å². The molecule has 0 aliphatic rings. The summed E-state index contributed by atoms with van der Waals surface area (Å²) < 4.78 is 25.8. The maximum absolute atomic E-state index is 12.9. The van der Waals surface area contributed by atoms with Crippen molar-refractivity contribution in [3.63, 3.8) is 0 Å². The molecule has 0 saturated heterocycles. The van der Waals surface area contributed by atoms with Crippen LogP contribution < -0.4 is 0 Å². The van der Waals surface area contributed by atoms with Gasteiger partial charge < -0.3 is 0 Å². The van der Waals surface area contributed by atoms with E-state index in [4.69, 9.17) is 6.42 Å². The minimum atomic E-state index is -3.40. The number of sulfone groups is 1. The number of benzene rings is 2. The Labute approximate surface area is 126 Å². The molecule has 0 radical (unpaired) electrons. The zero-order valence-corrected chi connectivity index (χ0v) is 12.6. The number of hydrogen-bond donors (Lipinski definition) is 0. The van der Waals surface area contributed by atoms with E-state index in [9.17, 15) is 8.42 Å². The van der Waals surface area contributed by atoms with Gasteiger partial charge in [0.25, 0.3) is 0 Å². The van der Waals surface area contributed by atoms with Gasteiger partial charge in [-0.2, -0.15) is 0 Å². The van der Waals surface area contributed by atoms with Crippen molar-refractivity contribution in [2.24, 2.45) is 0 Å². The van der Waals surface area contributed by atoms with Crippen molar-refractivity contribution in [1.29, 1.82) is 0 Å². The normalized spacial score (nSPS) is 12.5. The molecule has 0 aliphatic carbocycles. The highest BCUT2D eigenvalue weighted by Gasteiger charge is 2.28. The Morgan fingerprint density at radius 3 is 2.10 bits per heavy atom. The quantitative estimate of drug-likeness (QED) is 0.596. The summed E-state index contributed by atoms with van der Waals surface area (Å²) in [5, 5.41) is -0.547. The van der Waals surface area contributed by atoms with Crippen LogP contribution >= 0.6 is 0 Å². The Morgan fingerprint density at radius 2 is 1.52 bits per heavy atom. The summed E-state index contributed by atoms with van der Waals surface area (Å²) in [5.74, 6) is 2.57. The average Bonchev–Trinajstić information content (AvgIpc) is 2.53. The molecule has 0 aliphatic heterocycles. The predicted molar refractivity (Wildman–Crippen MR) is 85.5 cm³/mol. The molecular weight excluding hydrogens is 280 g/mol. The molecule has 2 aromatic rings. The van der Waals surface area contributed by atoms with E-state index in [0.717, 1.165) is 5.56 Å². The molecule has 2 aromatic carbocycles. The molecule has 0 heterocycles. The van der Waals surface area contributed by atoms with Crippen molar-refractivity contribution in [2.45, 2.75) is 29.4 Å². The molecule has 1 unspecified atom stereocenters. The molecule has 108 valence electrons. The second-order valence-electron chi connectivity index (χ2n) is 4.85. The van der Waals surface area contributed by atoms with Crippen LogP contribution in [0.15, 0.2) is 65.6 Å². The van der Waals surface area contributed by atoms with Gasteiger partial charge in [0.15, 0.2) is 9.84 Å². The fourth-order valence-corrected chi connectivity index (χ4v) is 4.19. The molecule has 0 amide bonds. The van der Waals surface area contributed by atoms with Crippen LogP contribution in [0.5, 0.6) is 0 Å². The Morgan fingerprint density at radius 1 is 0.952 bits per heavy atom. The molecule has 3 heteroatoms. The third kappa shape index (κ3) is 3.74. The van der Waals surface area contributed by atoms with Crippen molar-refractivity contribution in [3.8, 4) is 12.3 Å². The summed E-state index contributed by atoms with van der Waals surface area (Å²) in [6, 6.07) is 17.9. The van der Waals surface area contributed by atoms with Gasteiger partial charge in [0.2, 0.25) is 0 Å². The summed E-state index contributed by atoms with van der Waals surface area (Å²) >= 11 is 0. The van der Waals surface area contributed by atoms with Crippen molar-refractivity contribution in [1.82, 2.24) is 0 Å². The zero-order chi connectivity index (χ0) is 15.1. The van der Waals surface area contributed by atoms with E-state index in [0.29, 0.717) is 24.2 Å². The molecule has 1 atom stereocenters. The largest absolute Gasteiger partial charge is 0.223 e. The fourth-order valence-electron chi connectivity index (χ4n) is 2.33. The number of unbranched alkanes of at least 4 members (excludes halogenated alkanes) is 1. The van der Waals surface area contributed by atoms with Crippen LogP contribution in [0.4, 0.5) is 0 Å². The van der Waals surface area contributed by atoms with Gasteiger partial charge in [0.1, 0.15) is 0 Å². The zero-order valence-electron chi connectivity index (χ0n) is 11.8. The molecule has 0 bridgehead atoms. The first-order valence-corrected chi connectivity index (χ1v) is 8.48. The van der Waals surface area contributed by atoms with E-state index in [2.05, 4.69) is 5.92 Å². The summed E-state index contributed by atoms with van der Waals surface area (Å²) in [4.78, 5) is 0.361. The lowest BCUT2D eigenvalue weighted by Gasteiger charge is -2.18. The van der Waals surface area contributed by atoms with Crippen LogP contribution in [0.2, 0.25) is 0 Å². The van der Waals surface area contributed by atoms with E-state index >= 15 is 0 Å².